The first kappa shape index (κ1) is 17.7. The molecule has 1 aromatic rings. The molecular weight excluding hydrogens is 318 g/mol. The lowest BCUT2D eigenvalue weighted by Gasteiger charge is -2.30. The van der Waals surface area contributed by atoms with Crippen LogP contribution in [0.4, 0.5) is 0 Å². The molecule has 2 fully saturated rings. The fraction of sp³-hybridized carbons (Fsp3) is 0.737. The zero-order valence-electron chi connectivity index (χ0n) is 15.0. The minimum Gasteiger partial charge on any atom is -0.339 e. The topological polar surface area (TPSA) is 46.1 Å². The molecule has 0 radical (unpaired) electrons. The summed E-state index contributed by atoms with van der Waals surface area (Å²) in [5.41, 5.74) is 1.93. The molecule has 1 saturated heterocycles. The van der Waals surface area contributed by atoms with Crippen LogP contribution in [0.1, 0.15) is 62.8 Å². The molecule has 4 nitrogen and oxygen atoms in total. The largest absolute Gasteiger partial charge is 0.339 e. The first-order valence-electron chi connectivity index (χ1n) is 9.36. The Morgan fingerprint density at radius 1 is 1.12 bits per heavy atom. The van der Waals surface area contributed by atoms with E-state index in [1.54, 1.807) is 0 Å². The number of hydrogen-bond donors (Lipinski definition) is 0. The molecule has 24 heavy (non-hydrogen) atoms. The number of likely N-dealkylation sites (tertiary alicyclic amines) is 1. The average Bonchev–Trinajstić information content (AvgIpc) is 3.01. The van der Waals surface area contributed by atoms with Crippen LogP contribution in [0, 0.1) is 19.8 Å². The van der Waals surface area contributed by atoms with Gasteiger partial charge in [-0.25, -0.2) is 9.97 Å². The molecule has 0 aromatic carbocycles. The second kappa shape index (κ2) is 8.32. The molecule has 0 spiro atoms. The van der Waals surface area contributed by atoms with E-state index in [1.807, 2.05) is 19.9 Å². The maximum Gasteiger partial charge on any atom is 0.233 e. The van der Waals surface area contributed by atoms with Crippen LogP contribution in [0.2, 0.25) is 0 Å². The molecule has 2 heterocycles. The van der Waals surface area contributed by atoms with Crippen molar-refractivity contribution in [1.82, 2.24) is 14.9 Å². The zero-order valence-corrected chi connectivity index (χ0v) is 15.8. The zero-order chi connectivity index (χ0) is 16.9. The Hall–Kier alpha value is -1.10. The van der Waals surface area contributed by atoms with Crippen molar-refractivity contribution in [2.75, 3.05) is 12.3 Å². The van der Waals surface area contributed by atoms with Gasteiger partial charge in [-0.3, -0.25) is 4.79 Å². The number of aryl methyl sites for hydroxylation is 2. The number of carbonyl (C=O) groups excluding carboxylic acids is 1. The molecule has 0 N–H and O–H groups in total. The van der Waals surface area contributed by atoms with Crippen molar-refractivity contribution in [2.24, 2.45) is 5.92 Å². The maximum atomic E-state index is 12.7. The van der Waals surface area contributed by atoms with Crippen molar-refractivity contribution in [3.63, 3.8) is 0 Å². The Bertz CT molecular complexity index is 551. The minimum absolute atomic E-state index is 0.265. The van der Waals surface area contributed by atoms with Crippen LogP contribution >= 0.6 is 11.8 Å². The number of amides is 1. The third kappa shape index (κ3) is 4.71. The Balaban J connectivity index is 1.53. The van der Waals surface area contributed by atoms with E-state index in [1.165, 1.54) is 56.7 Å². The number of carbonyl (C=O) groups is 1. The normalized spacial score (nSPS) is 22.1. The summed E-state index contributed by atoms with van der Waals surface area (Å²) in [4.78, 5) is 23.7. The molecule has 1 aromatic heterocycles. The summed E-state index contributed by atoms with van der Waals surface area (Å²) in [6.45, 7) is 4.88. The smallest absolute Gasteiger partial charge is 0.233 e. The maximum absolute atomic E-state index is 12.7. The summed E-state index contributed by atoms with van der Waals surface area (Å²) in [7, 11) is 0. The highest BCUT2D eigenvalue weighted by molar-refractivity contribution is 7.99. The third-order valence-electron chi connectivity index (χ3n) is 5.31. The van der Waals surface area contributed by atoms with Gasteiger partial charge < -0.3 is 4.90 Å². The molecule has 3 rings (SSSR count). The predicted octanol–water partition coefficient (Wildman–Crippen LogP) is 4.15. The predicted molar refractivity (Wildman–Crippen MR) is 98.2 cm³/mol. The van der Waals surface area contributed by atoms with Gasteiger partial charge in [0.05, 0.1) is 5.75 Å². The van der Waals surface area contributed by atoms with Gasteiger partial charge in [0.25, 0.3) is 0 Å². The Kier molecular flexibility index (Phi) is 6.14. The van der Waals surface area contributed by atoms with Crippen LogP contribution in [-0.2, 0) is 4.79 Å². The van der Waals surface area contributed by atoms with Crippen molar-refractivity contribution >= 4 is 17.7 Å². The third-order valence-corrected chi connectivity index (χ3v) is 6.15. The van der Waals surface area contributed by atoms with Crippen molar-refractivity contribution < 1.29 is 4.79 Å². The molecule has 1 amide bonds. The van der Waals surface area contributed by atoms with Crippen LogP contribution < -0.4 is 0 Å². The van der Waals surface area contributed by atoms with E-state index in [2.05, 4.69) is 14.9 Å². The fourth-order valence-electron chi connectivity index (χ4n) is 4.18. The van der Waals surface area contributed by atoms with Crippen LogP contribution in [0.3, 0.4) is 0 Å². The lowest BCUT2D eigenvalue weighted by molar-refractivity contribution is -0.129. The van der Waals surface area contributed by atoms with Crippen molar-refractivity contribution in [3.8, 4) is 0 Å². The van der Waals surface area contributed by atoms with Gasteiger partial charge in [-0.05, 0) is 45.1 Å². The van der Waals surface area contributed by atoms with Crippen LogP contribution in [0.15, 0.2) is 11.2 Å². The molecule has 1 aliphatic carbocycles. The number of hydrogen-bond acceptors (Lipinski definition) is 4. The monoisotopic (exact) mass is 347 g/mol. The Labute approximate surface area is 149 Å². The fourth-order valence-corrected chi connectivity index (χ4v) is 5.02. The second-order valence-corrected chi connectivity index (χ2v) is 8.29. The van der Waals surface area contributed by atoms with Crippen molar-refractivity contribution in [3.05, 3.63) is 17.5 Å². The summed E-state index contributed by atoms with van der Waals surface area (Å²) >= 11 is 1.48. The molecule has 132 valence electrons. The average molecular weight is 348 g/mol. The molecule has 1 atom stereocenters. The van der Waals surface area contributed by atoms with Crippen molar-refractivity contribution in [1.29, 1.82) is 0 Å². The highest BCUT2D eigenvalue weighted by Crippen LogP contribution is 2.32. The van der Waals surface area contributed by atoms with E-state index in [9.17, 15) is 4.79 Å². The van der Waals surface area contributed by atoms with Gasteiger partial charge in [-0.1, -0.05) is 43.9 Å². The first-order chi connectivity index (χ1) is 11.6. The van der Waals surface area contributed by atoms with E-state index in [0.717, 1.165) is 35.4 Å². The lowest BCUT2D eigenvalue weighted by atomic mass is 9.84. The number of thioether (sulfide) groups is 1. The van der Waals surface area contributed by atoms with E-state index in [4.69, 9.17) is 0 Å². The summed E-state index contributed by atoms with van der Waals surface area (Å²) in [6, 6.07) is 2.44. The van der Waals surface area contributed by atoms with E-state index >= 15 is 0 Å². The summed E-state index contributed by atoms with van der Waals surface area (Å²) in [5, 5.41) is 0.726. The van der Waals surface area contributed by atoms with Gasteiger partial charge in [0, 0.05) is 24.0 Å². The molecule has 0 bridgehead atoms. The summed E-state index contributed by atoms with van der Waals surface area (Å²) in [5.74, 6) is 1.57. The molecule has 0 unspecified atom stereocenters. The Morgan fingerprint density at radius 2 is 1.83 bits per heavy atom. The summed E-state index contributed by atoms with van der Waals surface area (Å²) < 4.78 is 0. The van der Waals surface area contributed by atoms with Gasteiger partial charge in [0.2, 0.25) is 5.91 Å². The van der Waals surface area contributed by atoms with Crippen molar-refractivity contribution in [2.45, 2.75) is 76.4 Å². The van der Waals surface area contributed by atoms with Gasteiger partial charge in [0.15, 0.2) is 5.16 Å². The van der Waals surface area contributed by atoms with Crippen LogP contribution in [-0.4, -0.2) is 39.1 Å². The first-order valence-corrected chi connectivity index (χ1v) is 10.3. The van der Waals surface area contributed by atoms with E-state index in [-0.39, 0.29) is 5.91 Å². The van der Waals surface area contributed by atoms with Gasteiger partial charge in [-0.15, -0.1) is 0 Å². The highest BCUT2D eigenvalue weighted by Gasteiger charge is 2.31. The minimum atomic E-state index is 0.265. The highest BCUT2D eigenvalue weighted by atomic mass is 32.2. The molecule has 5 heteroatoms. The number of aromatic nitrogens is 2. The molecule has 2 aliphatic rings. The van der Waals surface area contributed by atoms with Gasteiger partial charge in [0.1, 0.15) is 0 Å². The Morgan fingerprint density at radius 3 is 2.54 bits per heavy atom. The van der Waals surface area contributed by atoms with Crippen LogP contribution in [0.25, 0.3) is 0 Å². The second-order valence-electron chi connectivity index (χ2n) is 7.34. The number of rotatable bonds is 5. The van der Waals surface area contributed by atoms with E-state index in [0.29, 0.717) is 11.8 Å². The molecule has 1 aliphatic heterocycles. The summed E-state index contributed by atoms with van der Waals surface area (Å²) in [6.07, 6.45) is 10.5. The quantitative estimate of drug-likeness (QED) is 0.593. The van der Waals surface area contributed by atoms with E-state index < -0.39 is 0 Å². The number of nitrogens with zero attached hydrogens (tertiary/aromatic N) is 3. The van der Waals surface area contributed by atoms with Gasteiger partial charge in [-0.2, -0.15) is 0 Å². The molecular formula is C19H29N3OS. The standard InChI is InChI=1S/C19H29N3OS/c1-14-11-15(2)21-19(20-14)24-13-18(23)22-10-6-9-17(22)12-16-7-4-3-5-8-16/h11,16-17H,3-10,12-13H2,1-2H3/t17-/m1/s1. The van der Waals surface area contributed by atoms with Crippen LogP contribution in [0.5, 0.6) is 0 Å². The van der Waals surface area contributed by atoms with Gasteiger partial charge >= 0.3 is 0 Å². The molecule has 1 saturated carbocycles. The SMILES string of the molecule is Cc1cc(C)nc(SCC(=O)N2CCC[C@@H]2CC2CCCCC2)n1. The lowest BCUT2D eigenvalue weighted by Crippen LogP contribution is -2.38.